The molecule has 4 rings (SSSR count). The lowest BCUT2D eigenvalue weighted by atomic mass is 10.1. The van der Waals surface area contributed by atoms with E-state index in [0.29, 0.717) is 24.1 Å². The van der Waals surface area contributed by atoms with E-state index in [1.807, 2.05) is 6.07 Å². The molecule has 0 radical (unpaired) electrons. The highest BCUT2D eigenvalue weighted by molar-refractivity contribution is 7.89. The number of hydrogen-bond acceptors (Lipinski definition) is 5. The maximum absolute atomic E-state index is 13.1. The Hall–Kier alpha value is -1.48. The minimum Gasteiger partial charge on any atom is -0.378 e. The van der Waals surface area contributed by atoms with Gasteiger partial charge in [-0.05, 0) is 57.7 Å². The van der Waals surface area contributed by atoms with Crippen molar-refractivity contribution < 1.29 is 13.2 Å². The maximum atomic E-state index is 13.1. The summed E-state index contributed by atoms with van der Waals surface area (Å²) >= 11 is 0. The number of nitrogens with zero attached hydrogens (tertiary/aromatic N) is 4. The number of hydrogen-bond donors (Lipinski definition) is 0. The SMILES string of the molecule is CCOC1CCN(Cc2nc3cc(S(=O)(=O)N4CCCCC4)ccc3n2CC)CC1. The van der Waals surface area contributed by atoms with E-state index in [-0.39, 0.29) is 0 Å². The van der Waals surface area contributed by atoms with Crippen LogP contribution in [-0.4, -0.2) is 66.1 Å². The number of rotatable bonds is 7. The van der Waals surface area contributed by atoms with E-state index in [9.17, 15) is 8.42 Å². The Morgan fingerprint density at radius 2 is 1.80 bits per heavy atom. The minimum atomic E-state index is -3.44. The van der Waals surface area contributed by atoms with Crippen LogP contribution in [0.3, 0.4) is 0 Å². The van der Waals surface area contributed by atoms with Crippen LogP contribution in [0.1, 0.15) is 51.8 Å². The topological polar surface area (TPSA) is 67.7 Å². The molecule has 3 heterocycles. The molecule has 0 atom stereocenters. The molecule has 1 aromatic carbocycles. The molecule has 7 nitrogen and oxygen atoms in total. The predicted molar refractivity (Wildman–Crippen MR) is 118 cm³/mol. The molecule has 166 valence electrons. The lowest BCUT2D eigenvalue weighted by Crippen LogP contribution is -2.37. The van der Waals surface area contributed by atoms with Crippen molar-refractivity contribution in [3.63, 3.8) is 0 Å². The largest absolute Gasteiger partial charge is 0.378 e. The normalized spacial score (nSPS) is 20.2. The Bertz CT molecular complexity index is 958. The molecular weight excluding hydrogens is 400 g/mol. The third-order valence-electron chi connectivity index (χ3n) is 6.37. The van der Waals surface area contributed by atoms with Gasteiger partial charge in [0, 0.05) is 39.3 Å². The molecule has 2 aromatic rings. The van der Waals surface area contributed by atoms with Gasteiger partial charge in [-0.1, -0.05) is 6.42 Å². The van der Waals surface area contributed by atoms with E-state index in [0.717, 1.165) is 81.7 Å². The Kier molecular flexibility index (Phi) is 6.77. The highest BCUT2D eigenvalue weighted by atomic mass is 32.2. The fourth-order valence-electron chi connectivity index (χ4n) is 4.72. The summed E-state index contributed by atoms with van der Waals surface area (Å²) < 4.78 is 35.7. The number of aromatic nitrogens is 2. The van der Waals surface area contributed by atoms with Crippen LogP contribution >= 0.6 is 0 Å². The molecule has 1 aromatic heterocycles. The molecule has 0 unspecified atom stereocenters. The molecule has 2 fully saturated rings. The summed E-state index contributed by atoms with van der Waals surface area (Å²) in [6, 6.07) is 5.43. The Labute approximate surface area is 180 Å². The van der Waals surface area contributed by atoms with Crippen LogP contribution in [0.15, 0.2) is 23.1 Å². The summed E-state index contributed by atoms with van der Waals surface area (Å²) in [5.41, 5.74) is 1.78. The van der Waals surface area contributed by atoms with Gasteiger partial charge >= 0.3 is 0 Å². The van der Waals surface area contributed by atoms with Gasteiger partial charge in [0.05, 0.1) is 28.6 Å². The smallest absolute Gasteiger partial charge is 0.243 e. The molecule has 8 heteroatoms. The number of aryl methyl sites for hydroxylation is 1. The fraction of sp³-hybridized carbons (Fsp3) is 0.682. The fourth-order valence-corrected chi connectivity index (χ4v) is 6.26. The standard InChI is InChI=1S/C22H34N4O3S/c1-3-26-21-9-8-19(30(27,28)25-12-6-5-7-13-25)16-20(21)23-22(26)17-24-14-10-18(11-15-24)29-4-2/h8-9,16,18H,3-7,10-15,17H2,1-2H3. The van der Waals surface area contributed by atoms with Gasteiger partial charge in [0.25, 0.3) is 0 Å². The Morgan fingerprint density at radius 3 is 2.47 bits per heavy atom. The second kappa shape index (κ2) is 9.34. The van der Waals surface area contributed by atoms with Gasteiger partial charge in [0.1, 0.15) is 5.82 Å². The van der Waals surface area contributed by atoms with Crippen molar-refractivity contribution in [3.05, 3.63) is 24.0 Å². The molecule has 0 N–H and O–H groups in total. The summed E-state index contributed by atoms with van der Waals surface area (Å²) in [6.07, 6.45) is 5.47. The quantitative estimate of drug-likeness (QED) is 0.669. The van der Waals surface area contributed by atoms with Gasteiger partial charge < -0.3 is 9.30 Å². The van der Waals surface area contributed by atoms with Gasteiger partial charge in [0.15, 0.2) is 0 Å². The second-order valence-electron chi connectivity index (χ2n) is 8.32. The zero-order chi connectivity index (χ0) is 21.1. The molecule has 0 bridgehead atoms. The molecule has 0 spiro atoms. The lowest BCUT2D eigenvalue weighted by Gasteiger charge is -2.31. The van der Waals surface area contributed by atoms with Gasteiger partial charge in [-0.3, -0.25) is 4.90 Å². The summed E-state index contributed by atoms with van der Waals surface area (Å²) in [5, 5.41) is 0. The highest BCUT2D eigenvalue weighted by Gasteiger charge is 2.27. The van der Waals surface area contributed by atoms with E-state index in [4.69, 9.17) is 9.72 Å². The Balaban J connectivity index is 1.55. The van der Waals surface area contributed by atoms with Gasteiger partial charge in [-0.25, -0.2) is 13.4 Å². The first-order valence-corrected chi connectivity index (χ1v) is 12.8. The first-order valence-electron chi connectivity index (χ1n) is 11.4. The van der Waals surface area contributed by atoms with Crippen LogP contribution < -0.4 is 0 Å². The van der Waals surface area contributed by atoms with Crippen molar-refractivity contribution in [2.45, 2.75) is 70.0 Å². The van der Waals surface area contributed by atoms with Crippen molar-refractivity contribution >= 4 is 21.1 Å². The molecule has 30 heavy (non-hydrogen) atoms. The first-order chi connectivity index (χ1) is 14.5. The molecular formula is C22H34N4O3S. The van der Waals surface area contributed by atoms with E-state index in [2.05, 4.69) is 23.3 Å². The van der Waals surface area contributed by atoms with Crippen LogP contribution in [0.4, 0.5) is 0 Å². The molecule has 2 aliphatic rings. The van der Waals surface area contributed by atoms with E-state index < -0.39 is 10.0 Å². The third kappa shape index (κ3) is 4.42. The third-order valence-corrected chi connectivity index (χ3v) is 8.26. The van der Waals surface area contributed by atoms with Crippen molar-refractivity contribution in [2.24, 2.45) is 0 Å². The summed E-state index contributed by atoms with van der Waals surface area (Å²) in [4.78, 5) is 7.65. The van der Waals surface area contributed by atoms with Gasteiger partial charge in [0.2, 0.25) is 10.0 Å². The number of sulfonamides is 1. The number of fused-ring (bicyclic) bond motifs is 1. The van der Waals surface area contributed by atoms with Crippen LogP contribution in [-0.2, 0) is 27.8 Å². The minimum absolute atomic E-state index is 0.363. The molecule has 2 saturated heterocycles. The van der Waals surface area contributed by atoms with E-state index in [1.165, 1.54) is 0 Å². The van der Waals surface area contributed by atoms with E-state index >= 15 is 0 Å². The zero-order valence-corrected chi connectivity index (χ0v) is 19.0. The van der Waals surface area contributed by atoms with Crippen molar-refractivity contribution in [2.75, 3.05) is 32.8 Å². The average Bonchev–Trinajstić information content (AvgIpc) is 3.12. The van der Waals surface area contributed by atoms with Crippen molar-refractivity contribution in [3.8, 4) is 0 Å². The van der Waals surface area contributed by atoms with Crippen LogP contribution in [0.2, 0.25) is 0 Å². The Morgan fingerprint density at radius 1 is 1.07 bits per heavy atom. The monoisotopic (exact) mass is 434 g/mol. The van der Waals surface area contributed by atoms with Crippen molar-refractivity contribution in [1.82, 2.24) is 18.8 Å². The van der Waals surface area contributed by atoms with Crippen LogP contribution in [0.5, 0.6) is 0 Å². The summed E-state index contributed by atoms with van der Waals surface area (Å²) in [5.74, 6) is 1.01. The summed E-state index contributed by atoms with van der Waals surface area (Å²) in [7, 11) is -3.44. The zero-order valence-electron chi connectivity index (χ0n) is 18.2. The lowest BCUT2D eigenvalue weighted by molar-refractivity contribution is 0.0118. The highest BCUT2D eigenvalue weighted by Crippen LogP contribution is 2.26. The van der Waals surface area contributed by atoms with Crippen LogP contribution in [0, 0.1) is 0 Å². The van der Waals surface area contributed by atoms with Gasteiger partial charge in [-0.15, -0.1) is 0 Å². The number of imidazole rings is 1. The predicted octanol–water partition coefficient (Wildman–Crippen LogP) is 3.23. The maximum Gasteiger partial charge on any atom is 0.243 e. The number of benzene rings is 1. The second-order valence-corrected chi connectivity index (χ2v) is 10.3. The van der Waals surface area contributed by atoms with E-state index in [1.54, 1.807) is 16.4 Å². The molecule has 0 saturated carbocycles. The first kappa shape index (κ1) is 21.7. The molecule has 2 aliphatic heterocycles. The van der Waals surface area contributed by atoms with Crippen LogP contribution in [0.25, 0.3) is 11.0 Å². The number of likely N-dealkylation sites (tertiary alicyclic amines) is 1. The number of piperidine rings is 2. The van der Waals surface area contributed by atoms with Gasteiger partial charge in [-0.2, -0.15) is 4.31 Å². The molecule has 0 amide bonds. The number of ether oxygens (including phenoxy) is 1. The average molecular weight is 435 g/mol. The summed E-state index contributed by atoms with van der Waals surface area (Å²) in [6.45, 7) is 9.80. The van der Waals surface area contributed by atoms with Crippen molar-refractivity contribution in [1.29, 1.82) is 0 Å². The molecule has 0 aliphatic carbocycles.